The van der Waals surface area contributed by atoms with E-state index in [4.69, 9.17) is 5.73 Å². The average Bonchev–Trinajstić information content (AvgIpc) is 2.29. The van der Waals surface area contributed by atoms with E-state index >= 15 is 0 Å². The summed E-state index contributed by atoms with van der Waals surface area (Å²) in [5.74, 6) is -0.211. The topological polar surface area (TPSA) is 68.0 Å². The van der Waals surface area contributed by atoms with Gasteiger partial charge in [-0.3, -0.25) is 9.78 Å². The average molecular weight is 221 g/mol. The number of hydrogen-bond donors (Lipinski definition) is 2. The van der Waals surface area contributed by atoms with E-state index in [1.807, 2.05) is 24.5 Å². The lowest BCUT2D eigenvalue weighted by Gasteiger charge is -2.04. The molecule has 4 nitrogen and oxygen atoms in total. The van der Waals surface area contributed by atoms with Gasteiger partial charge in [0.15, 0.2) is 0 Å². The molecule has 3 N–H and O–H groups in total. The van der Waals surface area contributed by atoms with Crippen LogP contribution in [0.3, 0.4) is 0 Å². The number of nitrogens with one attached hydrogen (secondary N) is 1. The second-order valence-corrected chi connectivity index (χ2v) is 3.78. The molecule has 0 aliphatic rings. The van der Waals surface area contributed by atoms with Crippen LogP contribution >= 0.6 is 0 Å². The van der Waals surface area contributed by atoms with Crippen LogP contribution in [-0.4, -0.2) is 24.0 Å². The molecule has 1 rings (SSSR count). The Kier molecular flexibility index (Phi) is 6.18. The standard InChI is InChI=1S/C12H19N3O/c13-12(16)3-1-2-7-14-8-4-11-5-9-15-10-6-11/h5-6,9-10,14H,1-4,7-8H2,(H2,13,16). The molecule has 1 aromatic rings. The van der Waals surface area contributed by atoms with Gasteiger partial charge in [-0.05, 0) is 50.0 Å². The SMILES string of the molecule is NC(=O)CCCCNCCc1ccncc1. The Labute approximate surface area is 96.3 Å². The van der Waals surface area contributed by atoms with Crippen molar-refractivity contribution in [2.45, 2.75) is 25.7 Å². The molecule has 0 aliphatic heterocycles. The van der Waals surface area contributed by atoms with Gasteiger partial charge in [-0.15, -0.1) is 0 Å². The quantitative estimate of drug-likeness (QED) is 0.640. The van der Waals surface area contributed by atoms with Gasteiger partial charge in [-0.1, -0.05) is 0 Å². The van der Waals surface area contributed by atoms with Gasteiger partial charge in [0.25, 0.3) is 0 Å². The van der Waals surface area contributed by atoms with Crippen molar-refractivity contribution < 1.29 is 4.79 Å². The van der Waals surface area contributed by atoms with E-state index in [2.05, 4.69) is 10.3 Å². The third-order valence-corrected chi connectivity index (χ3v) is 2.37. The Morgan fingerprint density at radius 2 is 2.00 bits per heavy atom. The number of aromatic nitrogens is 1. The minimum Gasteiger partial charge on any atom is -0.370 e. The Morgan fingerprint density at radius 1 is 1.25 bits per heavy atom. The lowest BCUT2D eigenvalue weighted by Crippen LogP contribution is -2.19. The van der Waals surface area contributed by atoms with Crippen molar-refractivity contribution in [3.8, 4) is 0 Å². The fraction of sp³-hybridized carbons (Fsp3) is 0.500. The van der Waals surface area contributed by atoms with Crippen LogP contribution in [-0.2, 0) is 11.2 Å². The van der Waals surface area contributed by atoms with Crippen LogP contribution in [0.4, 0.5) is 0 Å². The third kappa shape index (κ3) is 6.14. The molecule has 1 aromatic heterocycles. The number of nitrogens with two attached hydrogens (primary N) is 1. The minimum atomic E-state index is -0.211. The lowest BCUT2D eigenvalue weighted by atomic mass is 10.2. The van der Waals surface area contributed by atoms with Gasteiger partial charge in [-0.2, -0.15) is 0 Å². The molecule has 1 heterocycles. The van der Waals surface area contributed by atoms with E-state index in [0.717, 1.165) is 32.4 Å². The first-order valence-electron chi connectivity index (χ1n) is 5.67. The smallest absolute Gasteiger partial charge is 0.217 e. The van der Waals surface area contributed by atoms with E-state index < -0.39 is 0 Å². The zero-order valence-electron chi connectivity index (χ0n) is 9.48. The van der Waals surface area contributed by atoms with E-state index in [1.165, 1.54) is 5.56 Å². The van der Waals surface area contributed by atoms with Crippen molar-refractivity contribution in [3.05, 3.63) is 30.1 Å². The zero-order chi connectivity index (χ0) is 11.6. The van der Waals surface area contributed by atoms with Crippen LogP contribution in [0.5, 0.6) is 0 Å². The first kappa shape index (κ1) is 12.6. The highest BCUT2D eigenvalue weighted by Gasteiger charge is 1.94. The highest BCUT2D eigenvalue weighted by Crippen LogP contribution is 1.96. The lowest BCUT2D eigenvalue weighted by molar-refractivity contribution is -0.118. The van der Waals surface area contributed by atoms with Crippen molar-refractivity contribution in [1.29, 1.82) is 0 Å². The number of hydrogen-bond acceptors (Lipinski definition) is 3. The van der Waals surface area contributed by atoms with E-state index in [9.17, 15) is 4.79 Å². The second kappa shape index (κ2) is 7.82. The number of rotatable bonds is 8. The van der Waals surface area contributed by atoms with Crippen molar-refractivity contribution in [2.24, 2.45) is 5.73 Å². The van der Waals surface area contributed by atoms with E-state index in [-0.39, 0.29) is 5.91 Å². The molecule has 88 valence electrons. The van der Waals surface area contributed by atoms with Gasteiger partial charge >= 0.3 is 0 Å². The summed E-state index contributed by atoms with van der Waals surface area (Å²) in [6, 6.07) is 4.05. The van der Waals surface area contributed by atoms with Crippen LogP contribution in [0.1, 0.15) is 24.8 Å². The Morgan fingerprint density at radius 3 is 2.69 bits per heavy atom. The predicted molar refractivity (Wildman–Crippen MR) is 63.9 cm³/mol. The van der Waals surface area contributed by atoms with Gasteiger partial charge in [-0.25, -0.2) is 0 Å². The summed E-state index contributed by atoms with van der Waals surface area (Å²) in [5, 5.41) is 3.34. The summed E-state index contributed by atoms with van der Waals surface area (Å²) in [7, 11) is 0. The Balaban J connectivity index is 1.94. The van der Waals surface area contributed by atoms with Gasteiger partial charge in [0.2, 0.25) is 5.91 Å². The fourth-order valence-electron chi connectivity index (χ4n) is 1.46. The van der Waals surface area contributed by atoms with E-state index in [1.54, 1.807) is 0 Å². The molecule has 0 atom stereocenters. The van der Waals surface area contributed by atoms with E-state index in [0.29, 0.717) is 6.42 Å². The van der Waals surface area contributed by atoms with Gasteiger partial charge in [0.1, 0.15) is 0 Å². The van der Waals surface area contributed by atoms with Gasteiger partial charge in [0.05, 0.1) is 0 Å². The predicted octanol–water partition coefficient (Wildman–Crippen LogP) is 0.869. The number of pyridine rings is 1. The van der Waals surface area contributed by atoms with Gasteiger partial charge < -0.3 is 11.1 Å². The molecular formula is C12H19N3O. The molecule has 0 fully saturated rings. The summed E-state index contributed by atoms with van der Waals surface area (Å²) < 4.78 is 0. The van der Waals surface area contributed by atoms with Crippen LogP contribution in [0.15, 0.2) is 24.5 Å². The molecule has 0 aromatic carbocycles. The van der Waals surface area contributed by atoms with Crippen LogP contribution < -0.4 is 11.1 Å². The highest BCUT2D eigenvalue weighted by molar-refractivity contribution is 5.73. The molecule has 0 radical (unpaired) electrons. The molecule has 0 spiro atoms. The number of primary amides is 1. The first-order valence-corrected chi connectivity index (χ1v) is 5.67. The molecule has 0 saturated heterocycles. The van der Waals surface area contributed by atoms with Crippen LogP contribution in [0.25, 0.3) is 0 Å². The monoisotopic (exact) mass is 221 g/mol. The minimum absolute atomic E-state index is 0.211. The number of carbonyl (C=O) groups is 1. The summed E-state index contributed by atoms with van der Waals surface area (Å²) in [4.78, 5) is 14.4. The maximum atomic E-state index is 10.5. The Bertz CT molecular complexity index is 300. The number of unbranched alkanes of at least 4 members (excludes halogenated alkanes) is 1. The van der Waals surface area contributed by atoms with Crippen molar-refractivity contribution >= 4 is 5.91 Å². The van der Waals surface area contributed by atoms with Gasteiger partial charge in [0, 0.05) is 18.8 Å². The van der Waals surface area contributed by atoms with Crippen molar-refractivity contribution in [2.75, 3.05) is 13.1 Å². The maximum Gasteiger partial charge on any atom is 0.217 e. The Hall–Kier alpha value is -1.42. The summed E-state index contributed by atoms with van der Waals surface area (Å²) in [6.07, 6.45) is 6.99. The summed E-state index contributed by atoms with van der Waals surface area (Å²) >= 11 is 0. The van der Waals surface area contributed by atoms with Crippen molar-refractivity contribution in [1.82, 2.24) is 10.3 Å². The highest BCUT2D eigenvalue weighted by atomic mass is 16.1. The third-order valence-electron chi connectivity index (χ3n) is 2.37. The first-order chi connectivity index (χ1) is 7.79. The van der Waals surface area contributed by atoms with Crippen LogP contribution in [0, 0.1) is 0 Å². The molecule has 16 heavy (non-hydrogen) atoms. The molecule has 0 aliphatic carbocycles. The number of carbonyl (C=O) groups excluding carboxylic acids is 1. The second-order valence-electron chi connectivity index (χ2n) is 3.78. The largest absolute Gasteiger partial charge is 0.370 e. The zero-order valence-corrected chi connectivity index (χ0v) is 9.48. The molecular weight excluding hydrogens is 202 g/mol. The molecule has 0 saturated carbocycles. The fourth-order valence-corrected chi connectivity index (χ4v) is 1.46. The molecule has 1 amide bonds. The summed E-state index contributed by atoms with van der Waals surface area (Å²) in [5.41, 5.74) is 6.34. The molecule has 0 unspecified atom stereocenters. The van der Waals surface area contributed by atoms with Crippen LogP contribution in [0.2, 0.25) is 0 Å². The number of nitrogens with zero attached hydrogens (tertiary/aromatic N) is 1. The normalized spacial score (nSPS) is 10.2. The molecule has 4 heteroatoms. The molecule has 0 bridgehead atoms. The summed E-state index contributed by atoms with van der Waals surface area (Å²) in [6.45, 7) is 1.90. The van der Waals surface area contributed by atoms with Crippen molar-refractivity contribution in [3.63, 3.8) is 0 Å². The maximum absolute atomic E-state index is 10.5. The number of amides is 1.